The first-order valence-corrected chi connectivity index (χ1v) is 9.12. The molecule has 0 bridgehead atoms. The van der Waals surface area contributed by atoms with Crippen LogP contribution < -0.4 is 11.1 Å². The van der Waals surface area contributed by atoms with Crippen molar-refractivity contribution in [1.29, 1.82) is 0 Å². The molecule has 24 heavy (non-hydrogen) atoms. The van der Waals surface area contributed by atoms with Gasteiger partial charge in [0.25, 0.3) is 0 Å². The Morgan fingerprint density at radius 2 is 1.88 bits per heavy atom. The molecule has 1 aliphatic carbocycles. The van der Waals surface area contributed by atoms with Gasteiger partial charge in [-0.3, -0.25) is 9.59 Å². The van der Waals surface area contributed by atoms with Crippen LogP contribution in [-0.2, 0) is 16.0 Å². The number of primary amides is 1. The number of hydrogen-bond donors (Lipinski definition) is 2. The SMILES string of the molecule is NC(=O)CSCC(=O)NC1CCc2ccc(-c3ccccc3)cc21. The van der Waals surface area contributed by atoms with Crippen LogP contribution in [0.5, 0.6) is 0 Å². The van der Waals surface area contributed by atoms with E-state index in [9.17, 15) is 9.59 Å². The third kappa shape index (κ3) is 3.97. The highest BCUT2D eigenvalue weighted by Gasteiger charge is 2.24. The molecule has 0 spiro atoms. The number of rotatable bonds is 6. The normalized spacial score (nSPS) is 15.8. The Morgan fingerprint density at radius 3 is 2.62 bits per heavy atom. The van der Waals surface area contributed by atoms with Crippen LogP contribution in [0.3, 0.4) is 0 Å². The number of fused-ring (bicyclic) bond motifs is 1. The molecule has 0 aromatic heterocycles. The van der Waals surface area contributed by atoms with E-state index in [4.69, 9.17) is 5.73 Å². The molecule has 1 unspecified atom stereocenters. The number of hydrogen-bond acceptors (Lipinski definition) is 3. The first kappa shape index (κ1) is 16.6. The van der Waals surface area contributed by atoms with Gasteiger partial charge in [-0.05, 0) is 41.2 Å². The summed E-state index contributed by atoms with van der Waals surface area (Å²) in [7, 11) is 0. The maximum absolute atomic E-state index is 12.1. The van der Waals surface area contributed by atoms with Gasteiger partial charge in [0.05, 0.1) is 17.5 Å². The Kier molecular flexibility index (Phi) is 5.20. The highest BCUT2D eigenvalue weighted by molar-refractivity contribution is 8.00. The van der Waals surface area contributed by atoms with Crippen LogP contribution in [0, 0.1) is 0 Å². The van der Waals surface area contributed by atoms with Crippen LogP contribution in [-0.4, -0.2) is 23.3 Å². The second-order valence-electron chi connectivity index (χ2n) is 5.90. The van der Waals surface area contributed by atoms with E-state index in [0.717, 1.165) is 12.8 Å². The molecule has 4 nitrogen and oxygen atoms in total. The smallest absolute Gasteiger partial charge is 0.230 e. The third-order valence-corrected chi connectivity index (χ3v) is 5.10. The predicted octanol–water partition coefficient (Wildman–Crippen LogP) is 2.68. The molecule has 1 aliphatic rings. The standard InChI is InChI=1S/C19H20N2O2S/c20-18(22)11-24-12-19(23)21-17-9-8-14-6-7-15(10-16(14)17)13-4-2-1-3-5-13/h1-7,10,17H,8-9,11-12H2,(H2,20,22)(H,21,23). The van der Waals surface area contributed by atoms with Crippen molar-refractivity contribution in [2.45, 2.75) is 18.9 Å². The number of benzene rings is 2. The van der Waals surface area contributed by atoms with E-state index < -0.39 is 5.91 Å². The molecule has 124 valence electrons. The van der Waals surface area contributed by atoms with Gasteiger partial charge in [0.15, 0.2) is 0 Å². The summed E-state index contributed by atoms with van der Waals surface area (Å²) in [5, 5.41) is 3.08. The highest BCUT2D eigenvalue weighted by Crippen LogP contribution is 2.34. The summed E-state index contributed by atoms with van der Waals surface area (Å²) in [5.74, 6) is -0.0179. The maximum atomic E-state index is 12.1. The second kappa shape index (κ2) is 7.53. The summed E-state index contributed by atoms with van der Waals surface area (Å²) >= 11 is 1.25. The second-order valence-corrected chi connectivity index (χ2v) is 6.88. The Morgan fingerprint density at radius 1 is 1.08 bits per heavy atom. The Labute approximate surface area is 145 Å². The van der Waals surface area contributed by atoms with Crippen LogP contribution in [0.2, 0.25) is 0 Å². The molecular weight excluding hydrogens is 320 g/mol. The lowest BCUT2D eigenvalue weighted by Gasteiger charge is -2.15. The Balaban J connectivity index is 1.69. The van der Waals surface area contributed by atoms with E-state index in [0.29, 0.717) is 0 Å². The van der Waals surface area contributed by atoms with Gasteiger partial charge in [-0.25, -0.2) is 0 Å². The molecule has 0 heterocycles. The van der Waals surface area contributed by atoms with Crippen molar-refractivity contribution in [2.75, 3.05) is 11.5 Å². The lowest BCUT2D eigenvalue weighted by atomic mass is 9.99. The van der Waals surface area contributed by atoms with Crippen molar-refractivity contribution in [1.82, 2.24) is 5.32 Å². The van der Waals surface area contributed by atoms with Gasteiger partial charge in [-0.2, -0.15) is 0 Å². The van der Waals surface area contributed by atoms with Crippen LogP contribution in [0.4, 0.5) is 0 Å². The zero-order valence-electron chi connectivity index (χ0n) is 13.3. The number of amides is 2. The van der Waals surface area contributed by atoms with Crippen LogP contribution in [0.25, 0.3) is 11.1 Å². The Hall–Kier alpha value is -2.27. The van der Waals surface area contributed by atoms with Gasteiger partial charge in [0, 0.05) is 0 Å². The minimum Gasteiger partial charge on any atom is -0.369 e. The maximum Gasteiger partial charge on any atom is 0.230 e. The van der Waals surface area contributed by atoms with Gasteiger partial charge >= 0.3 is 0 Å². The molecule has 2 aromatic carbocycles. The topological polar surface area (TPSA) is 72.2 Å². The lowest BCUT2D eigenvalue weighted by molar-refractivity contribution is -0.119. The van der Waals surface area contributed by atoms with Crippen molar-refractivity contribution in [3.63, 3.8) is 0 Å². The number of nitrogens with two attached hydrogens (primary N) is 1. The van der Waals surface area contributed by atoms with Crippen molar-refractivity contribution in [3.05, 3.63) is 59.7 Å². The number of aryl methyl sites for hydroxylation is 1. The van der Waals surface area contributed by atoms with Crippen molar-refractivity contribution < 1.29 is 9.59 Å². The van der Waals surface area contributed by atoms with Crippen LogP contribution in [0.15, 0.2) is 48.5 Å². The van der Waals surface area contributed by atoms with Crippen molar-refractivity contribution in [2.24, 2.45) is 5.73 Å². The zero-order valence-corrected chi connectivity index (χ0v) is 14.1. The summed E-state index contributed by atoms with van der Waals surface area (Å²) in [6.45, 7) is 0. The van der Waals surface area contributed by atoms with Crippen molar-refractivity contribution in [3.8, 4) is 11.1 Å². The molecule has 0 aliphatic heterocycles. The quantitative estimate of drug-likeness (QED) is 0.849. The van der Waals surface area contributed by atoms with Gasteiger partial charge in [-0.1, -0.05) is 42.5 Å². The van der Waals surface area contributed by atoms with Crippen LogP contribution in [0.1, 0.15) is 23.6 Å². The van der Waals surface area contributed by atoms with Crippen LogP contribution >= 0.6 is 11.8 Å². The molecule has 0 saturated heterocycles. The zero-order chi connectivity index (χ0) is 16.9. The first-order chi connectivity index (χ1) is 11.6. The predicted molar refractivity (Wildman–Crippen MR) is 97.6 cm³/mol. The molecule has 3 N–H and O–H groups in total. The molecule has 2 aromatic rings. The first-order valence-electron chi connectivity index (χ1n) is 7.97. The summed E-state index contributed by atoms with van der Waals surface area (Å²) in [6, 6.07) is 16.8. The third-order valence-electron chi connectivity index (χ3n) is 4.14. The molecule has 1 atom stereocenters. The van der Waals surface area contributed by atoms with Crippen molar-refractivity contribution >= 4 is 23.6 Å². The van der Waals surface area contributed by atoms with Gasteiger partial charge in [-0.15, -0.1) is 11.8 Å². The summed E-state index contributed by atoms with van der Waals surface area (Å²) in [4.78, 5) is 22.8. The van der Waals surface area contributed by atoms with Gasteiger partial charge < -0.3 is 11.1 Å². The van der Waals surface area contributed by atoms with Gasteiger partial charge in [0.1, 0.15) is 0 Å². The van der Waals surface area contributed by atoms with E-state index in [1.807, 2.05) is 18.2 Å². The van der Waals surface area contributed by atoms with E-state index in [1.165, 1.54) is 34.0 Å². The number of carbonyl (C=O) groups excluding carboxylic acids is 2. The number of carbonyl (C=O) groups is 2. The van der Waals surface area contributed by atoms with E-state index >= 15 is 0 Å². The molecular formula is C19H20N2O2S. The fourth-order valence-electron chi connectivity index (χ4n) is 3.04. The fraction of sp³-hybridized carbons (Fsp3) is 0.263. The Bertz CT molecular complexity index is 746. The lowest BCUT2D eigenvalue weighted by Crippen LogP contribution is -2.29. The summed E-state index contributed by atoms with van der Waals surface area (Å²) in [5.41, 5.74) is 9.92. The molecule has 3 rings (SSSR count). The monoisotopic (exact) mass is 340 g/mol. The van der Waals surface area contributed by atoms with E-state index in [1.54, 1.807) is 0 Å². The minimum absolute atomic E-state index is 0.0466. The number of thioether (sulfide) groups is 1. The van der Waals surface area contributed by atoms with Gasteiger partial charge in [0.2, 0.25) is 11.8 Å². The largest absolute Gasteiger partial charge is 0.369 e. The average Bonchev–Trinajstić information content (AvgIpc) is 2.97. The molecule has 0 fully saturated rings. The summed E-state index contributed by atoms with van der Waals surface area (Å²) < 4.78 is 0. The molecule has 2 amide bonds. The minimum atomic E-state index is -0.397. The average molecular weight is 340 g/mol. The number of nitrogens with one attached hydrogen (secondary N) is 1. The summed E-state index contributed by atoms with van der Waals surface area (Å²) in [6.07, 6.45) is 1.89. The fourth-order valence-corrected chi connectivity index (χ4v) is 3.61. The van der Waals surface area contributed by atoms with E-state index in [-0.39, 0.29) is 23.5 Å². The molecule has 5 heteroatoms. The highest BCUT2D eigenvalue weighted by atomic mass is 32.2. The molecule has 0 saturated carbocycles. The molecule has 0 radical (unpaired) electrons. The van der Waals surface area contributed by atoms with E-state index in [2.05, 4.69) is 35.6 Å².